The molecule has 0 aliphatic heterocycles. The van der Waals surface area contributed by atoms with Crippen LogP contribution in [0.2, 0.25) is 0 Å². The molecule has 3 aromatic rings. The summed E-state index contributed by atoms with van der Waals surface area (Å²) in [5.41, 5.74) is 4.97. The second-order valence-electron chi connectivity index (χ2n) is 6.82. The monoisotopic (exact) mass is 373 g/mol. The van der Waals surface area contributed by atoms with Crippen LogP contribution in [0, 0.1) is 13.8 Å². The third kappa shape index (κ3) is 4.65. The molecule has 0 unspecified atom stereocenters. The van der Waals surface area contributed by atoms with Crippen LogP contribution in [0.4, 0.5) is 5.69 Å². The normalized spacial score (nSPS) is 11.5. The lowest BCUT2D eigenvalue weighted by Gasteiger charge is -2.16. The first-order valence-corrected chi connectivity index (χ1v) is 9.18. The van der Waals surface area contributed by atoms with Crippen LogP contribution in [0.5, 0.6) is 0 Å². The summed E-state index contributed by atoms with van der Waals surface area (Å²) >= 11 is 0. The van der Waals surface area contributed by atoms with Gasteiger partial charge in [0.25, 0.3) is 5.91 Å². The highest BCUT2D eigenvalue weighted by atomic mass is 16.5. The molecule has 0 heterocycles. The summed E-state index contributed by atoms with van der Waals surface area (Å²) in [5.74, 6) is -0.882. The SMILES string of the molecule is Cc1cc(C)cc(C(=O)O[C@@H](C)C(=O)Nc2ccccc2-c2ccccc2)c1. The minimum atomic E-state index is -0.919. The highest BCUT2D eigenvalue weighted by Crippen LogP contribution is 2.27. The van der Waals surface area contributed by atoms with Crippen LogP contribution in [-0.4, -0.2) is 18.0 Å². The molecule has 1 amide bonds. The maximum Gasteiger partial charge on any atom is 0.338 e. The van der Waals surface area contributed by atoms with Crippen molar-refractivity contribution >= 4 is 17.6 Å². The zero-order valence-electron chi connectivity index (χ0n) is 16.2. The van der Waals surface area contributed by atoms with Crippen molar-refractivity contribution in [2.75, 3.05) is 5.32 Å². The van der Waals surface area contributed by atoms with Crippen LogP contribution in [0.15, 0.2) is 72.8 Å². The van der Waals surface area contributed by atoms with E-state index >= 15 is 0 Å². The topological polar surface area (TPSA) is 55.4 Å². The van der Waals surface area contributed by atoms with Gasteiger partial charge >= 0.3 is 5.97 Å². The Morgan fingerprint density at radius 3 is 2.14 bits per heavy atom. The molecular weight excluding hydrogens is 350 g/mol. The van der Waals surface area contributed by atoms with Crippen LogP contribution in [-0.2, 0) is 9.53 Å². The van der Waals surface area contributed by atoms with Crippen molar-refractivity contribution in [2.45, 2.75) is 26.9 Å². The van der Waals surface area contributed by atoms with Gasteiger partial charge < -0.3 is 10.1 Å². The standard InChI is InChI=1S/C24H23NO3/c1-16-13-17(2)15-20(14-16)24(27)28-18(3)23(26)25-22-12-8-7-11-21(22)19-9-5-4-6-10-19/h4-15,18H,1-3H3,(H,25,26)/t18-/m0/s1. The van der Waals surface area contributed by atoms with E-state index in [-0.39, 0.29) is 5.91 Å². The number of para-hydroxylation sites is 1. The van der Waals surface area contributed by atoms with Gasteiger partial charge in [-0.15, -0.1) is 0 Å². The smallest absolute Gasteiger partial charge is 0.338 e. The molecule has 0 saturated carbocycles. The zero-order valence-corrected chi connectivity index (χ0v) is 16.2. The number of hydrogen-bond acceptors (Lipinski definition) is 3. The van der Waals surface area contributed by atoms with Crippen LogP contribution in [0.25, 0.3) is 11.1 Å². The molecule has 0 spiro atoms. The molecular formula is C24H23NO3. The molecule has 4 heteroatoms. The average Bonchev–Trinajstić information content (AvgIpc) is 2.68. The first kappa shape index (κ1) is 19.4. The fourth-order valence-electron chi connectivity index (χ4n) is 3.07. The van der Waals surface area contributed by atoms with Gasteiger partial charge in [-0.05, 0) is 44.5 Å². The van der Waals surface area contributed by atoms with Crippen molar-refractivity contribution < 1.29 is 14.3 Å². The summed E-state index contributed by atoms with van der Waals surface area (Å²) in [7, 11) is 0. The van der Waals surface area contributed by atoms with E-state index in [1.54, 1.807) is 19.1 Å². The summed E-state index contributed by atoms with van der Waals surface area (Å²) < 4.78 is 5.38. The van der Waals surface area contributed by atoms with Crippen molar-refractivity contribution in [3.63, 3.8) is 0 Å². The van der Waals surface area contributed by atoms with Gasteiger partial charge in [-0.3, -0.25) is 4.79 Å². The number of nitrogens with one attached hydrogen (secondary N) is 1. The number of rotatable bonds is 5. The summed E-state index contributed by atoms with van der Waals surface area (Å²) in [6, 6.07) is 22.8. The van der Waals surface area contributed by atoms with E-state index in [4.69, 9.17) is 4.74 Å². The predicted molar refractivity (Wildman–Crippen MR) is 111 cm³/mol. The minimum Gasteiger partial charge on any atom is -0.449 e. The Hall–Kier alpha value is -3.40. The predicted octanol–water partition coefficient (Wildman–Crippen LogP) is 5.15. The minimum absolute atomic E-state index is 0.374. The van der Waals surface area contributed by atoms with E-state index in [0.717, 1.165) is 22.3 Å². The molecule has 0 aromatic heterocycles. The van der Waals surface area contributed by atoms with Crippen molar-refractivity contribution in [2.24, 2.45) is 0 Å². The number of aryl methyl sites for hydroxylation is 2. The number of carbonyl (C=O) groups is 2. The Morgan fingerprint density at radius 2 is 1.46 bits per heavy atom. The largest absolute Gasteiger partial charge is 0.449 e. The molecule has 1 atom stereocenters. The van der Waals surface area contributed by atoms with Crippen LogP contribution < -0.4 is 5.32 Å². The Balaban J connectivity index is 1.72. The van der Waals surface area contributed by atoms with Gasteiger partial charge in [0.2, 0.25) is 0 Å². The van der Waals surface area contributed by atoms with Crippen molar-refractivity contribution in [3.05, 3.63) is 89.5 Å². The Kier molecular flexibility index (Phi) is 5.90. The van der Waals surface area contributed by atoms with Gasteiger partial charge in [-0.1, -0.05) is 65.7 Å². The van der Waals surface area contributed by atoms with E-state index in [1.807, 2.05) is 74.5 Å². The maximum atomic E-state index is 12.6. The summed E-state index contributed by atoms with van der Waals surface area (Å²) in [6.07, 6.45) is -0.919. The van der Waals surface area contributed by atoms with Gasteiger partial charge in [0.1, 0.15) is 0 Å². The summed E-state index contributed by atoms with van der Waals surface area (Å²) in [4.78, 5) is 25.0. The van der Waals surface area contributed by atoms with E-state index in [1.165, 1.54) is 0 Å². The van der Waals surface area contributed by atoms with Crippen LogP contribution >= 0.6 is 0 Å². The average molecular weight is 373 g/mol. The lowest BCUT2D eigenvalue weighted by atomic mass is 10.0. The fourth-order valence-corrected chi connectivity index (χ4v) is 3.07. The van der Waals surface area contributed by atoms with E-state index < -0.39 is 12.1 Å². The molecule has 0 saturated heterocycles. The molecule has 0 fully saturated rings. The number of carbonyl (C=O) groups excluding carboxylic acids is 2. The molecule has 1 N–H and O–H groups in total. The van der Waals surface area contributed by atoms with Crippen molar-refractivity contribution in [1.82, 2.24) is 0 Å². The lowest BCUT2D eigenvalue weighted by Crippen LogP contribution is -2.30. The third-order valence-corrected chi connectivity index (χ3v) is 4.38. The van der Waals surface area contributed by atoms with E-state index in [9.17, 15) is 9.59 Å². The van der Waals surface area contributed by atoms with Gasteiger partial charge in [0, 0.05) is 11.3 Å². The van der Waals surface area contributed by atoms with E-state index in [2.05, 4.69) is 5.32 Å². The molecule has 0 aliphatic carbocycles. The fraction of sp³-hybridized carbons (Fsp3) is 0.167. The van der Waals surface area contributed by atoms with Gasteiger partial charge in [0.05, 0.1) is 5.56 Å². The highest BCUT2D eigenvalue weighted by Gasteiger charge is 2.20. The molecule has 142 valence electrons. The van der Waals surface area contributed by atoms with Crippen molar-refractivity contribution in [3.8, 4) is 11.1 Å². The zero-order chi connectivity index (χ0) is 20.1. The second kappa shape index (κ2) is 8.53. The Morgan fingerprint density at radius 1 is 0.857 bits per heavy atom. The number of hydrogen-bond donors (Lipinski definition) is 1. The lowest BCUT2D eigenvalue weighted by molar-refractivity contribution is -0.123. The number of ether oxygens (including phenoxy) is 1. The molecule has 3 aromatic carbocycles. The molecule has 0 aliphatic rings. The molecule has 0 radical (unpaired) electrons. The number of anilines is 1. The Labute approximate surface area is 165 Å². The molecule has 28 heavy (non-hydrogen) atoms. The van der Waals surface area contributed by atoms with Gasteiger partial charge in [0.15, 0.2) is 6.10 Å². The van der Waals surface area contributed by atoms with Crippen molar-refractivity contribution in [1.29, 1.82) is 0 Å². The van der Waals surface area contributed by atoms with Crippen LogP contribution in [0.1, 0.15) is 28.4 Å². The molecule has 0 bridgehead atoms. The second-order valence-corrected chi connectivity index (χ2v) is 6.82. The van der Waals surface area contributed by atoms with Gasteiger partial charge in [-0.2, -0.15) is 0 Å². The molecule has 3 rings (SSSR count). The van der Waals surface area contributed by atoms with E-state index in [0.29, 0.717) is 11.3 Å². The summed E-state index contributed by atoms with van der Waals surface area (Å²) in [5, 5.41) is 2.87. The number of esters is 1. The Bertz CT molecular complexity index is 975. The quantitative estimate of drug-likeness (QED) is 0.629. The summed E-state index contributed by atoms with van der Waals surface area (Å²) in [6.45, 7) is 5.40. The first-order valence-electron chi connectivity index (χ1n) is 9.18. The maximum absolute atomic E-state index is 12.6. The molecule has 4 nitrogen and oxygen atoms in total. The van der Waals surface area contributed by atoms with Crippen LogP contribution in [0.3, 0.4) is 0 Å². The first-order chi connectivity index (χ1) is 13.4. The number of benzene rings is 3. The third-order valence-electron chi connectivity index (χ3n) is 4.38. The highest BCUT2D eigenvalue weighted by molar-refractivity contribution is 6.00. The number of amides is 1. The van der Waals surface area contributed by atoms with Gasteiger partial charge in [-0.25, -0.2) is 4.79 Å².